The maximum atomic E-state index is 13.1. The van der Waals surface area contributed by atoms with E-state index in [0.29, 0.717) is 18.4 Å². The van der Waals surface area contributed by atoms with E-state index in [-0.39, 0.29) is 12.4 Å². The van der Waals surface area contributed by atoms with E-state index in [1.165, 1.54) is 6.07 Å². The summed E-state index contributed by atoms with van der Waals surface area (Å²) in [5, 5.41) is 8.52. The molecule has 14 heavy (non-hydrogen) atoms. The highest BCUT2D eigenvalue weighted by Gasteiger charge is 1.97. The number of halogens is 1. The van der Waals surface area contributed by atoms with Crippen LogP contribution in [0.25, 0.3) is 0 Å². The molecule has 0 aliphatic heterocycles. The van der Waals surface area contributed by atoms with Crippen molar-refractivity contribution in [3.63, 3.8) is 0 Å². The molecule has 1 aromatic rings. The molecule has 1 aromatic carbocycles. The zero-order valence-electron chi connectivity index (χ0n) is 8.18. The molecule has 0 atom stereocenters. The van der Waals surface area contributed by atoms with Gasteiger partial charge in [0.15, 0.2) is 0 Å². The Morgan fingerprint density at radius 2 is 2.21 bits per heavy atom. The van der Waals surface area contributed by atoms with Gasteiger partial charge in [-0.25, -0.2) is 4.39 Å². The Morgan fingerprint density at radius 1 is 1.43 bits per heavy atom. The fourth-order valence-electron chi connectivity index (χ4n) is 1.06. The van der Waals surface area contributed by atoms with Gasteiger partial charge in [-0.05, 0) is 31.0 Å². The lowest BCUT2D eigenvalue weighted by Gasteiger charge is -1.95. The smallest absolute Gasteiger partial charge is 0.138 e. The molecule has 0 fully saturated rings. The second kappa shape index (κ2) is 5.41. The van der Waals surface area contributed by atoms with Crippen LogP contribution in [0.2, 0.25) is 0 Å². The first-order valence-electron chi connectivity index (χ1n) is 4.60. The summed E-state index contributed by atoms with van der Waals surface area (Å²) in [7, 11) is 0. The Labute approximate surface area is 83.6 Å². The van der Waals surface area contributed by atoms with E-state index in [0.717, 1.165) is 5.56 Å². The third kappa shape index (κ3) is 3.20. The highest BCUT2D eigenvalue weighted by atomic mass is 19.1. The molecule has 0 amide bonds. The summed E-state index contributed by atoms with van der Waals surface area (Å²) < 4.78 is 13.1. The molecule has 0 unspecified atom stereocenters. The SMILES string of the molecule is Cc1ccc(F)c(C#CCCCO)c1. The molecule has 0 aliphatic rings. The lowest BCUT2D eigenvalue weighted by atomic mass is 10.1. The fraction of sp³-hybridized carbons (Fsp3) is 0.333. The van der Waals surface area contributed by atoms with E-state index in [9.17, 15) is 4.39 Å². The molecule has 74 valence electrons. The van der Waals surface area contributed by atoms with E-state index in [1.807, 2.05) is 6.92 Å². The molecular formula is C12H13FO. The van der Waals surface area contributed by atoms with Crippen molar-refractivity contribution in [2.24, 2.45) is 0 Å². The maximum Gasteiger partial charge on any atom is 0.138 e. The monoisotopic (exact) mass is 192 g/mol. The van der Waals surface area contributed by atoms with Gasteiger partial charge in [-0.15, -0.1) is 0 Å². The van der Waals surface area contributed by atoms with Crippen LogP contribution in [0.15, 0.2) is 18.2 Å². The van der Waals surface area contributed by atoms with Crippen LogP contribution in [0.5, 0.6) is 0 Å². The third-order valence-corrected chi connectivity index (χ3v) is 1.80. The van der Waals surface area contributed by atoms with Gasteiger partial charge in [-0.2, -0.15) is 0 Å². The molecule has 0 heterocycles. The van der Waals surface area contributed by atoms with E-state index in [4.69, 9.17) is 5.11 Å². The average Bonchev–Trinajstić information content (AvgIpc) is 2.18. The number of aliphatic hydroxyl groups is 1. The predicted molar refractivity (Wildman–Crippen MR) is 54.3 cm³/mol. The number of unbranched alkanes of at least 4 members (excludes halogenated alkanes) is 1. The van der Waals surface area contributed by atoms with Crippen LogP contribution in [-0.4, -0.2) is 11.7 Å². The Bertz CT molecular complexity index is 360. The maximum absolute atomic E-state index is 13.1. The van der Waals surface area contributed by atoms with Crippen molar-refractivity contribution >= 4 is 0 Å². The summed E-state index contributed by atoms with van der Waals surface area (Å²) in [6.07, 6.45) is 1.24. The van der Waals surface area contributed by atoms with Crippen LogP contribution in [0.3, 0.4) is 0 Å². The zero-order chi connectivity index (χ0) is 10.4. The third-order valence-electron chi connectivity index (χ3n) is 1.80. The van der Waals surface area contributed by atoms with Crippen LogP contribution >= 0.6 is 0 Å². The van der Waals surface area contributed by atoms with Crippen LogP contribution in [0.1, 0.15) is 24.0 Å². The van der Waals surface area contributed by atoms with Crippen LogP contribution < -0.4 is 0 Å². The van der Waals surface area contributed by atoms with Crippen molar-refractivity contribution in [2.45, 2.75) is 19.8 Å². The van der Waals surface area contributed by atoms with Crippen LogP contribution in [-0.2, 0) is 0 Å². The summed E-state index contributed by atoms with van der Waals surface area (Å²) in [4.78, 5) is 0. The van der Waals surface area contributed by atoms with E-state index in [1.54, 1.807) is 12.1 Å². The van der Waals surface area contributed by atoms with Gasteiger partial charge in [0.2, 0.25) is 0 Å². The molecule has 0 bridgehead atoms. The molecule has 1 N–H and O–H groups in total. The summed E-state index contributed by atoms with van der Waals surface area (Å²) in [5.41, 5.74) is 1.43. The first-order valence-corrected chi connectivity index (χ1v) is 4.60. The zero-order valence-corrected chi connectivity index (χ0v) is 8.18. The highest BCUT2D eigenvalue weighted by molar-refractivity contribution is 5.37. The molecule has 0 saturated heterocycles. The minimum absolute atomic E-state index is 0.130. The van der Waals surface area contributed by atoms with Gasteiger partial charge in [0.25, 0.3) is 0 Å². The second-order valence-electron chi connectivity index (χ2n) is 3.11. The molecule has 0 spiro atoms. The Hall–Kier alpha value is -1.33. The summed E-state index contributed by atoms with van der Waals surface area (Å²) in [5.74, 6) is 5.29. The first-order chi connectivity index (χ1) is 6.74. The number of rotatable bonds is 2. The average molecular weight is 192 g/mol. The topological polar surface area (TPSA) is 20.2 Å². The van der Waals surface area contributed by atoms with Gasteiger partial charge in [-0.3, -0.25) is 0 Å². The number of benzene rings is 1. The van der Waals surface area contributed by atoms with E-state index < -0.39 is 0 Å². The number of hydrogen-bond donors (Lipinski definition) is 1. The minimum atomic E-state index is -0.285. The highest BCUT2D eigenvalue weighted by Crippen LogP contribution is 2.08. The molecule has 0 aromatic heterocycles. The van der Waals surface area contributed by atoms with Crippen molar-refractivity contribution in [1.29, 1.82) is 0 Å². The van der Waals surface area contributed by atoms with Crippen LogP contribution in [0, 0.1) is 24.6 Å². The van der Waals surface area contributed by atoms with Crippen molar-refractivity contribution in [3.8, 4) is 11.8 Å². The number of aliphatic hydroxyl groups excluding tert-OH is 1. The molecule has 0 radical (unpaired) electrons. The van der Waals surface area contributed by atoms with Gasteiger partial charge in [0.1, 0.15) is 5.82 Å². The predicted octanol–water partition coefficient (Wildman–Crippen LogP) is 2.26. The van der Waals surface area contributed by atoms with Gasteiger partial charge >= 0.3 is 0 Å². The summed E-state index contributed by atoms with van der Waals surface area (Å²) in [6.45, 7) is 2.03. The minimum Gasteiger partial charge on any atom is -0.396 e. The molecular weight excluding hydrogens is 179 g/mol. The first kappa shape index (κ1) is 10.7. The Balaban J connectivity index is 2.73. The Kier molecular flexibility index (Phi) is 4.15. The standard InChI is InChI=1S/C12H13FO/c1-10-6-7-12(13)11(9-10)5-3-2-4-8-14/h6-7,9,14H,2,4,8H2,1H3. The molecule has 2 heteroatoms. The second-order valence-corrected chi connectivity index (χ2v) is 3.11. The van der Waals surface area contributed by atoms with Crippen molar-refractivity contribution < 1.29 is 9.50 Å². The Morgan fingerprint density at radius 3 is 2.93 bits per heavy atom. The number of aryl methyl sites for hydroxylation is 1. The van der Waals surface area contributed by atoms with Gasteiger partial charge < -0.3 is 5.11 Å². The number of hydrogen-bond acceptors (Lipinski definition) is 1. The normalized spacial score (nSPS) is 9.36. The molecule has 1 nitrogen and oxygen atoms in total. The van der Waals surface area contributed by atoms with Crippen LogP contribution in [0.4, 0.5) is 4.39 Å². The van der Waals surface area contributed by atoms with Gasteiger partial charge in [0.05, 0.1) is 5.56 Å². The largest absolute Gasteiger partial charge is 0.396 e. The molecule has 0 aliphatic carbocycles. The van der Waals surface area contributed by atoms with Gasteiger partial charge in [0, 0.05) is 13.0 Å². The summed E-state index contributed by atoms with van der Waals surface area (Å²) in [6, 6.07) is 4.86. The summed E-state index contributed by atoms with van der Waals surface area (Å²) >= 11 is 0. The lowest BCUT2D eigenvalue weighted by Crippen LogP contribution is -1.85. The lowest BCUT2D eigenvalue weighted by molar-refractivity contribution is 0.290. The van der Waals surface area contributed by atoms with E-state index >= 15 is 0 Å². The quantitative estimate of drug-likeness (QED) is 0.563. The molecule has 0 saturated carbocycles. The van der Waals surface area contributed by atoms with E-state index in [2.05, 4.69) is 11.8 Å². The fourth-order valence-corrected chi connectivity index (χ4v) is 1.06. The van der Waals surface area contributed by atoms with Crippen molar-refractivity contribution in [2.75, 3.05) is 6.61 Å². The van der Waals surface area contributed by atoms with Gasteiger partial charge in [-0.1, -0.05) is 17.9 Å². The van der Waals surface area contributed by atoms with Crippen molar-refractivity contribution in [3.05, 3.63) is 35.1 Å². The molecule has 1 rings (SSSR count). The van der Waals surface area contributed by atoms with Crippen molar-refractivity contribution in [1.82, 2.24) is 0 Å².